The van der Waals surface area contributed by atoms with Crippen LogP contribution in [0.5, 0.6) is 11.5 Å². The summed E-state index contributed by atoms with van der Waals surface area (Å²) in [5, 5.41) is 9.18. The van der Waals surface area contributed by atoms with Crippen LogP contribution in [0.1, 0.15) is 5.56 Å². The number of phenolic OH excluding ortho intramolecular Hbond substituents is 1. The minimum absolute atomic E-state index is 0.0305. The summed E-state index contributed by atoms with van der Waals surface area (Å²) in [4.78, 5) is 0.125. The van der Waals surface area contributed by atoms with E-state index in [-0.39, 0.29) is 17.2 Å². The molecule has 5 nitrogen and oxygen atoms in total. The van der Waals surface area contributed by atoms with Crippen molar-refractivity contribution >= 4 is 10.0 Å². The Labute approximate surface area is 124 Å². The van der Waals surface area contributed by atoms with E-state index in [1.54, 1.807) is 7.11 Å². The molecule has 0 saturated carbocycles. The molecule has 2 aromatic carbocycles. The predicted molar refractivity (Wildman–Crippen MR) is 80.0 cm³/mol. The van der Waals surface area contributed by atoms with Gasteiger partial charge in [0.05, 0.1) is 12.0 Å². The van der Waals surface area contributed by atoms with E-state index >= 15 is 0 Å². The molecule has 0 bridgehead atoms. The van der Waals surface area contributed by atoms with Gasteiger partial charge in [-0.1, -0.05) is 18.2 Å². The Morgan fingerprint density at radius 2 is 1.76 bits per heavy atom. The molecular formula is C15H17NO4S. The summed E-state index contributed by atoms with van der Waals surface area (Å²) in [5.41, 5.74) is 0.938. The van der Waals surface area contributed by atoms with Crippen molar-refractivity contribution < 1.29 is 18.3 Å². The second-order valence-corrected chi connectivity index (χ2v) is 6.22. The van der Waals surface area contributed by atoms with Gasteiger partial charge in [-0.05, 0) is 42.3 Å². The number of phenols is 1. The Kier molecular flexibility index (Phi) is 4.82. The highest BCUT2D eigenvalue weighted by molar-refractivity contribution is 7.89. The molecule has 0 aliphatic carbocycles. The first-order valence-electron chi connectivity index (χ1n) is 6.43. The third-order valence-electron chi connectivity index (χ3n) is 3.03. The molecule has 21 heavy (non-hydrogen) atoms. The number of benzene rings is 2. The van der Waals surface area contributed by atoms with Gasteiger partial charge in [-0.15, -0.1) is 0 Å². The van der Waals surface area contributed by atoms with Crippen LogP contribution in [0.4, 0.5) is 0 Å². The number of ether oxygens (including phenoxy) is 1. The van der Waals surface area contributed by atoms with E-state index in [0.717, 1.165) is 11.3 Å². The molecular weight excluding hydrogens is 290 g/mol. The molecule has 0 aromatic heterocycles. The fraction of sp³-hybridized carbons (Fsp3) is 0.200. The van der Waals surface area contributed by atoms with Crippen molar-refractivity contribution in [3.05, 3.63) is 54.1 Å². The molecule has 0 amide bonds. The third-order valence-corrected chi connectivity index (χ3v) is 4.50. The summed E-state index contributed by atoms with van der Waals surface area (Å²) < 4.78 is 31.9. The molecule has 0 unspecified atom stereocenters. The molecule has 2 rings (SSSR count). The Hall–Kier alpha value is -2.05. The standard InChI is InChI=1S/C15H17NO4S/c1-20-15-5-3-2-4-12(15)10-11-16-21(18,19)14-8-6-13(17)7-9-14/h2-9,16-17H,10-11H2,1H3. The van der Waals surface area contributed by atoms with Crippen molar-refractivity contribution in [1.29, 1.82) is 0 Å². The highest BCUT2D eigenvalue weighted by Crippen LogP contribution is 2.18. The van der Waals surface area contributed by atoms with Gasteiger partial charge in [-0.3, -0.25) is 0 Å². The van der Waals surface area contributed by atoms with Gasteiger partial charge in [0.2, 0.25) is 10.0 Å². The van der Waals surface area contributed by atoms with Crippen LogP contribution in [0.3, 0.4) is 0 Å². The van der Waals surface area contributed by atoms with Crippen molar-refractivity contribution in [3.63, 3.8) is 0 Å². The van der Waals surface area contributed by atoms with E-state index < -0.39 is 10.0 Å². The van der Waals surface area contributed by atoms with Gasteiger partial charge in [0, 0.05) is 6.54 Å². The van der Waals surface area contributed by atoms with Gasteiger partial charge in [0.15, 0.2) is 0 Å². The number of sulfonamides is 1. The van der Waals surface area contributed by atoms with E-state index in [2.05, 4.69) is 4.72 Å². The third kappa shape index (κ3) is 3.96. The normalized spacial score (nSPS) is 11.3. The Balaban J connectivity index is 2.01. The second kappa shape index (κ2) is 6.60. The van der Waals surface area contributed by atoms with Crippen LogP contribution in [0.15, 0.2) is 53.4 Å². The molecule has 2 N–H and O–H groups in total. The van der Waals surface area contributed by atoms with Gasteiger partial charge in [-0.2, -0.15) is 0 Å². The zero-order valence-electron chi connectivity index (χ0n) is 11.6. The van der Waals surface area contributed by atoms with E-state index in [9.17, 15) is 13.5 Å². The second-order valence-electron chi connectivity index (χ2n) is 4.45. The summed E-state index contributed by atoms with van der Waals surface area (Å²) in [6.07, 6.45) is 0.529. The quantitative estimate of drug-likeness (QED) is 0.855. The monoisotopic (exact) mass is 307 g/mol. The van der Waals surface area contributed by atoms with Crippen LogP contribution in [0.25, 0.3) is 0 Å². The first kappa shape index (κ1) is 15.3. The number of hydrogen-bond acceptors (Lipinski definition) is 4. The largest absolute Gasteiger partial charge is 0.508 e. The van der Waals surface area contributed by atoms with Crippen LogP contribution < -0.4 is 9.46 Å². The Morgan fingerprint density at radius 1 is 1.10 bits per heavy atom. The van der Waals surface area contributed by atoms with Gasteiger partial charge >= 0.3 is 0 Å². The number of hydrogen-bond donors (Lipinski definition) is 2. The van der Waals surface area contributed by atoms with Crippen molar-refractivity contribution in [2.24, 2.45) is 0 Å². The van der Waals surface area contributed by atoms with E-state index in [0.29, 0.717) is 6.42 Å². The molecule has 0 aliphatic rings. The summed E-state index contributed by atoms with van der Waals surface area (Å²) in [6, 6.07) is 12.9. The highest BCUT2D eigenvalue weighted by Gasteiger charge is 2.13. The lowest BCUT2D eigenvalue weighted by molar-refractivity contribution is 0.409. The minimum Gasteiger partial charge on any atom is -0.508 e. The molecule has 0 fully saturated rings. The SMILES string of the molecule is COc1ccccc1CCNS(=O)(=O)c1ccc(O)cc1. The molecule has 6 heteroatoms. The number of methoxy groups -OCH3 is 1. The molecule has 0 spiro atoms. The number of rotatable bonds is 6. The maximum absolute atomic E-state index is 12.1. The summed E-state index contributed by atoms with van der Waals surface area (Å²) in [5.74, 6) is 0.768. The zero-order chi connectivity index (χ0) is 15.3. The first-order valence-corrected chi connectivity index (χ1v) is 7.92. The van der Waals surface area contributed by atoms with Gasteiger partial charge < -0.3 is 9.84 Å². The van der Waals surface area contributed by atoms with Crippen LogP contribution in [0.2, 0.25) is 0 Å². The molecule has 112 valence electrons. The van der Waals surface area contributed by atoms with Crippen LogP contribution >= 0.6 is 0 Å². The summed E-state index contributed by atoms with van der Waals surface area (Å²) in [7, 11) is -1.99. The van der Waals surface area contributed by atoms with Crippen molar-refractivity contribution in [2.45, 2.75) is 11.3 Å². The topological polar surface area (TPSA) is 75.6 Å². The number of aromatic hydroxyl groups is 1. The first-order chi connectivity index (χ1) is 10.0. The van der Waals surface area contributed by atoms with Crippen LogP contribution in [0, 0.1) is 0 Å². The average molecular weight is 307 g/mol. The minimum atomic E-state index is -3.57. The summed E-state index contributed by atoms with van der Waals surface area (Å²) >= 11 is 0. The molecule has 0 atom stereocenters. The highest BCUT2D eigenvalue weighted by atomic mass is 32.2. The fourth-order valence-corrected chi connectivity index (χ4v) is 2.97. The molecule has 0 radical (unpaired) electrons. The average Bonchev–Trinajstić information content (AvgIpc) is 2.48. The van der Waals surface area contributed by atoms with Crippen molar-refractivity contribution in [3.8, 4) is 11.5 Å². The molecule has 0 aliphatic heterocycles. The molecule has 0 saturated heterocycles. The number of para-hydroxylation sites is 1. The number of nitrogens with one attached hydrogen (secondary N) is 1. The van der Waals surface area contributed by atoms with E-state index in [1.807, 2.05) is 24.3 Å². The smallest absolute Gasteiger partial charge is 0.240 e. The Bertz CT molecular complexity index is 696. The predicted octanol–water partition coefficient (Wildman–Crippen LogP) is 1.92. The summed E-state index contributed by atoms with van der Waals surface area (Å²) in [6.45, 7) is 0.267. The van der Waals surface area contributed by atoms with E-state index in [4.69, 9.17) is 4.74 Å². The van der Waals surface area contributed by atoms with Crippen molar-refractivity contribution in [1.82, 2.24) is 4.72 Å². The van der Waals surface area contributed by atoms with Crippen LogP contribution in [-0.2, 0) is 16.4 Å². The zero-order valence-corrected chi connectivity index (χ0v) is 12.4. The lowest BCUT2D eigenvalue weighted by Crippen LogP contribution is -2.26. The fourth-order valence-electron chi connectivity index (χ4n) is 1.94. The Morgan fingerprint density at radius 3 is 2.43 bits per heavy atom. The molecule has 0 heterocycles. The van der Waals surface area contributed by atoms with Gasteiger partial charge in [-0.25, -0.2) is 13.1 Å². The van der Waals surface area contributed by atoms with Gasteiger partial charge in [0.25, 0.3) is 0 Å². The maximum atomic E-state index is 12.1. The van der Waals surface area contributed by atoms with E-state index in [1.165, 1.54) is 24.3 Å². The van der Waals surface area contributed by atoms with Gasteiger partial charge in [0.1, 0.15) is 11.5 Å². The molecule has 2 aromatic rings. The lowest BCUT2D eigenvalue weighted by Gasteiger charge is -2.09. The lowest BCUT2D eigenvalue weighted by atomic mass is 10.1. The van der Waals surface area contributed by atoms with Crippen molar-refractivity contribution in [2.75, 3.05) is 13.7 Å². The van der Waals surface area contributed by atoms with Crippen LogP contribution in [-0.4, -0.2) is 27.2 Å². The maximum Gasteiger partial charge on any atom is 0.240 e.